The second-order valence-electron chi connectivity index (χ2n) is 4.18. The van der Waals surface area contributed by atoms with E-state index in [1.54, 1.807) is 18.3 Å². The molecule has 0 aliphatic carbocycles. The van der Waals surface area contributed by atoms with Gasteiger partial charge in [0, 0.05) is 22.9 Å². The van der Waals surface area contributed by atoms with Crippen molar-refractivity contribution in [3.8, 4) is 0 Å². The third-order valence-electron chi connectivity index (χ3n) is 2.77. The number of amides is 1. The van der Waals surface area contributed by atoms with Crippen molar-refractivity contribution in [3.05, 3.63) is 58.9 Å². The zero-order valence-electron chi connectivity index (χ0n) is 10.4. The molecular formula is C14H14ClN3O. The largest absolute Gasteiger partial charge is 0.378 e. The molecule has 98 valence electrons. The van der Waals surface area contributed by atoms with Crippen molar-refractivity contribution in [2.45, 2.75) is 13.0 Å². The number of nitrogens with zero attached hydrogens (tertiary/aromatic N) is 1. The van der Waals surface area contributed by atoms with Crippen LogP contribution in [0.25, 0.3) is 0 Å². The van der Waals surface area contributed by atoms with Crippen molar-refractivity contribution in [2.24, 2.45) is 5.73 Å². The van der Waals surface area contributed by atoms with E-state index in [2.05, 4.69) is 10.3 Å². The molecule has 1 unspecified atom stereocenters. The predicted octanol–water partition coefficient (Wildman–Crippen LogP) is 3.01. The zero-order chi connectivity index (χ0) is 13.8. The first-order valence-corrected chi connectivity index (χ1v) is 6.22. The smallest absolute Gasteiger partial charge is 0.267 e. The molecule has 0 radical (unpaired) electrons. The number of carbonyl (C=O) groups excluding carboxylic acids is 1. The summed E-state index contributed by atoms with van der Waals surface area (Å²) in [7, 11) is 0. The summed E-state index contributed by atoms with van der Waals surface area (Å²) < 4.78 is 0. The maximum atomic E-state index is 11.1. The van der Waals surface area contributed by atoms with Gasteiger partial charge in [0.15, 0.2) is 0 Å². The van der Waals surface area contributed by atoms with Gasteiger partial charge in [-0.3, -0.25) is 9.78 Å². The molecule has 1 atom stereocenters. The highest BCUT2D eigenvalue weighted by Gasteiger charge is 2.10. The third kappa shape index (κ3) is 3.23. The van der Waals surface area contributed by atoms with E-state index in [1.165, 1.54) is 0 Å². The van der Waals surface area contributed by atoms with E-state index in [0.29, 0.717) is 5.02 Å². The molecule has 0 saturated carbocycles. The summed E-state index contributed by atoms with van der Waals surface area (Å²) >= 11 is 6.14. The number of primary amides is 1. The SMILES string of the molecule is CC(Nc1ccnc(C(N)=O)c1)c1ccccc1Cl. The molecule has 3 N–H and O–H groups in total. The Morgan fingerprint density at radius 3 is 2.79 bits per heavy atom. The number of hydrogen-bond donors (Lipinski definition) is 2. The first-order valence-electron chi connectivity index (χ1n) is 5.84. The van der Waals surface area contributed by atoms with Gasteiger partial charge >= 0.3 is 0 Å². The first-order chi connectivity index (χ1) is 9.08. The van der Waals surface area contributed by atoms with Crippen LogP contribution in [0.2, 0.25) is 5.02 Å². The van der Waals surface area contributed by atoms with E-state index in [4.69, 9.17) is 17.3 Å². The lowest BCUT2D eigenvalue weighted by Crippen LogP contribution is -2.14. The van der Waals surface area contributed by atoms with Gasteiger partial charge in [-0.2, -0.15) is 0 Å². The Morgan fingerprint density at radius 1 is 1.37 bits per heavy atom. The topological polar surface area (TPSA) is 68.0 Å². The zero-order valence-corrected chi connectivity index (χ0v) is 11.2. The summed E-state index contributed by atoms with van der Waals surface area (Å²) in [6.45, 7) is 1.99. The van der Waals surface area contributed by atoms with Gasteiger partial charge in [0.1, 0.15) is 5.69 Å². The number of nitrogens with one attached hydrogen (secondary N) is 1. The van der Waals surface area contributed by atoms with Crippen molar-refractivity contribution in [1.29, 1.82) is 0 Å². The molecule has 1 amide bonds. The van der Waals surface area contributed by atoms with Gasteiger partial charge in [-0.15, -0.1) is 0 Å². The van der Waals surface area contributed by atoms with Crippen LogP contribution in [-0.2, 0) is 0 Å². The average Bonchev–Trinajstić information content (AvgIpc) is 2.39. The van der Waals surface area contributed by atoms with Crippen LogP contribution < -0.4 is 11.1 Å². The minimum Gasteiger partial charge on any atom is -0.378 e. The number of anilines is 1. The number of benzene rings is 1. The summed E-state index contributed by atoms with van der Waals surface area (Å²) in [5.74, 6) is -0.547. The van der Waals surface area contributed by atoms with Crippen molar-refractivity contribution in [2.75, 3.05) is 5.32 Å². The van der Waals surface area contributed by atoms with Gasteiger partial charge in [-0.05, 0) is 30.7 Å². The standard InChI is InChI=1S/C14H14ClN3O/c1-9(11-4-2-3-5-12(11)15)18-10-6-7-17-13(8-10)14(16)19/h2-9H,1H3,(H2,16,19)(H,17,18). The molecule has 0 spiro atoms. The number of pyridine rings is 1. The van der Waals surface area contributed by atoms with E-state index >= 15 is 0 Å². The molecule has 2 rings (SSSR count). The van der Waals surface area contributed by atoms with Gasteiger partial charge in [-0.25, -0.2) is 0 Å². The Bertz CT molecular complexity index is 601. The monoisotopic (exact) mass is 275 g/mol. The van der Waals surface area contributed by atoms with Crippen molar-refractivity contribution >= 4 is 23.2 Å². The molecule has 1 aromatic heterocycles. The fourth-order valence-electron chi connectivity index (χ4n) is 1.81. The van der Waals surface area contributed by atoms with Crippen molar-refractivity contribution in [3.63, 3.8) is 0 Å². The normalized spacial score (nSPS) is 11.9. The molecule has 0 fully saturated rings. The van der Waals surface area contributed by atoms with E-state index in [1.807, 2.05) is 31.2 Å². The number of aromatic nitrogens is 1. The molecule has 0 aliphatic rings. The number of rotatable bonds is 4. The van der Waals surface area contributed by atoms with Crippen LogP contribution >= 0.6 is 11.6 Å². The second-order valence-corrected chi connectivity index (χ2v) is 4.59. The molecule has 1 aromatic carbocycles. The Labute approximate surface area is 116 Å². The molecule has 1 heterocycles. The maximum absolute atomic E-state index is 11.1. The number of hydrogen-bond acceptors (Lipinski definition) is 3. The molecular weight excluding hydrogens is 262 g/mol. The molecule has 0 bridgehead atoms. The van der Waals surface area contributed by atoms with Crippen molar-refractivity contribution < 1.29 is 4.79 Å². The van der Waals surface area contributed by atoms with Crippen LogP contribution in [0.15, 0.2) is 42.6 Å². The first kappa shape index (κ1) is 13.4. The summed E-state index contributed by atoms with van der Waals surface area (Å²) in [6, 6.07) is 11.0. The summed E-state index contributed by atoms with van der Waals surface area (Å²) in [6.07, 6.45) is 1.54. The van der Waals surface area contributed by atoms with Crippen LogP contribution in [0.5, 0.6) is 0 Å². The highest BCUT2D eigenvalue weighted by molar-refractivity contribution is 6.31. The number of nitrogens with two attached hydrogens (primary N) is 1. The van der Waals surface area contributed by atoms with Gasteiger partial charge in [0.05, 0.1) is 0 Å². The fraction of sp³-hybridized carbons (Fsp3) is 0.143. The Hall–Kier alpha value is -2.07. The minimum absolute atomic E-state index is 0.0110. The van der Waals surface area contributed by atoms with Crippen LogP contribution in [-0.4, -0.2) is 10.9 Å². The van der Waals surface area contributed by atoms with Gasteiger partial charge in [-0.1, -0.05) is 29.8 Å². The van der Waals surface area contributed by atoms with Crippen LogP contribution in [0.4, 0.5) is 5.69 Å². The van der Waals surface area contributed by atoms with Crippen LogP contribution in [0.3, 0.4) is 0 Å². The molecule has 5 heteroatoms. The molecule has 0 aliphatic heterocycles. The number of carbonyl (C=O) groups is 1. The molecule has 19 heavy (non-hydrogen) atoms. The summed E-state index contributed by atoms with van der Waals surface area (Å²) in [5, 5.41) is 3.96. The fourth-order valence-corrected chi connectivity index (χ4v) is 2.11. The quantitative estimate of drug-likeness (QED) is 0.901. The molecule has 0 saturated heterocycles. The summed E-state index contributed by atoms with van der Waals surface area (Å²) in [4.78, 5) is 15.0. The van der Waals surface area contributed by atoms with Gasteiger partial charge < -0.3 is 11.1 Å². The minimum atomic E-state index is -0.547. The molecule has 4 nitrogen and oxygen atoms in total. The Balaban J connectivity index is 2.19. The van der Waals surface area contributed by atoms with Gasteiger partial charge in [0.2, 0.25) is 0 Å². The summed E-state index contributed by atoms with van der Waals surface area (Å²) in [5.41, 5.74) is 7.19. The van der Waals surface area contributed by atoms with E-state index in [-0.39, 0.29) is 11.7 Å². The van der Waals surface area contributed by atoms with E-state index in [0.717, 1.165) is 11.3 Å². The Morgan fingerprint density at radius 2 is 2.11 bits per heavy atom. The highest BCUT2D eigenvalue weighted by atomic mass is 35.5. The van der Waals surface area contributed by atoms with Crippen LogP contribution in [0.1, 0.15) is 29.0 Å². The molecule has 2 aromatic rings. The van der Waals surface area contributed by atoms with Crippen LogP contribution in [0, 0.1) is 0 Å². The lowest BCUT2D eigenvalue weighted by Gasteiger charge is -2.17. The lowest BCUT2D eigenvalue weighted by molar-refractivity contribution is 0.0995. The Kier molecular flexibility index (Phi) is 4.02. The lowest BCUT2D eigenvalue weighted by atomic mass is 10.1. The predicted molar refractivity (Wildman–Crippen MR) is 76.2 cm³/mol. The maximum Gasteiger partial charge on any atom is 0.267 e. The second kappa shape index (κ2) is 5.71. The highest BCUT2D eigenvalue weighted by Crippen LogP contribution is 2.25. The number of halogens is 1. The van der Waals surface area contributed by atoms with E-state index in [9.17, 15) is 4.79 Å². The van der Waals surface area contributed by atoms with Crippen molar-refractivity contribution in [1.82, 2.24) is 4.98 Å². The third-order valence-corrected chi connectivity index (χ3v) is 3.11. The average molecular weight is 276 g/mol. The van der Waals surface area contributed by atoms with E-state index < -0.39 is 5.91 Å². The van der Waals surface area contributed by atoms with Gasteiger partial charge in [0.25, 0.3) is 5.91 Å².